The van der Waals surface area contributed by atoms with Gasteiger partial charge in [-0.25, -0.2) is 0 Å². The summed E-state index contributed by atoms with van der Waals surface area (Å²) < 4.78 is 16.9. The highest BCUT2D eigenvalue weighted by atomic mass is 16.6. The van der Waals surface area contributed by atoms with Crippen LogP contribution in [0.1, 0.15) is 271 Å². The maximum absolute atomic E-state index is 12.9. The predicted molar refractivity (Wildman–Crippen MR) is 357 cm³/mol. The highest BCUT2D eigenvalue weighted by Gasteiger charge is 2.19. The van der Waals surface area contributed by atoms with Gasteiger partial charge in [0, 0.05) is 19.3 Å². The van der Waals surface area contributed by atoms with Gasteiger partial charge in [0.2, 0.25) is 0 Å². The fraction of sp³-hybridized carbons (Fsp3) is 0.592. The molecule has 0 bridgehead atoms. The lowest BCUT2D eigenvalue weighted by atomic mass is 10.1. The van der Waals surface area contributed by atoms with Crippen LogP contribution in [0.4, 0.5) is 0 Å². The summed E-state index contributed by atoms with van der Waals surface area (Å²) >= 11 is 0. The van der Waals surface area contributed by atoms with E-state index in [9.17, 15) is 14.4 Å². The van der Waals surface area contributed by atoms with Crippen LogP contribution in [-0.4, -0.2) is 37.2 Å². The molecule has 460 valence electrons. The van der Waals surface area contributed by atoms with E-state index in [0.717, 1.165) is 148 Å². The van der Waals surface area contributed by atoms with Crippen LogP contribution >= 0.6 is 0 Å². The zero-order valence-electron chi connectivity index (χ0n) is 52.7. The molecule has 1 unspecified atom stereocenters. The third-order valence-electron chi connectivity index (χ3n) is 13.4. The second-order valence-electron chi connectivity index (χ2n) is 21.3. The van der Waals surface area contributed by atoms with Crippen molar-refractivity contribution in [2.45, 2.75) is 277 Å². The van der Waals surface area contributed by atoms with Gasteiger partial charge in [-0.1, -0.05) is 274 Å². The molecule has 0 aromatic rings. The standard InChI is InChI=1S/C76H120O6/c1-4-7-10-13-16-19-22-25-28-30-31-32-33-34-35-36-37-38-39-40-41-42-43-44-45-47-48-51-54-57-60-63-66-69-75(78)81-72-73(71-80-74(77)68-65-62-59-56-53-50-27-24-21-18-15-12-9-6-3)82-76(79)70-67-64-61-58-55-52-49-46-29-26-23-20-17-14-11-8-5-2/h7-8,10-11,16-17,19-20,24-29,31-32,34-35,37-38,40-41,43-44,49,52,58,61,73H,4-6,9,12-15,18,21-23,30,33,36,39,42,45-48,50-51,53-57,59-60,62-72H2,1-3H3/b10-7-,11-8-,19-16-,20-17-,27-24-,28-25-,29-26-,32-31-,35-34-,38-37-,41-40-,44-43-,52-49-,61-58-. The number of rotatable bonds is 58. The lowest BCUT2D eigenvalue weighted by Crippen LogP contribution is -2.30. The van der Waals surface area contributed by atoms with Gasteiger partial charge in [-0.3, -0.25) is 14.4 Å². The Kier molecular flexibility index (Phi) is 63.9. The van der Waals surface area contributed by atoms with Gasteiger partial charge in [0.1, 0.15) is 13.2 Å². The van der Waals surface area contributed by atoms with Crippen molar-refractivity contribution in [3.8, 4) is 0 Å². The van der Waals surface area contributed by atoms with Crippen LogP contribution in [0.15, 0.2) is 170 Å². The average molecular weight is 1130 g/mol. The number of allylic oxidation sites excluding steroid dienone is 28. The molecule has 0 aliphatic rings. The second kappa shape index (κ2) is 68.3. The summed E-state index contributed by atoms with van der Waals surface area (Å²) in [4.78, 5) is 38.3. The minimum atomic E-state index is -0.824. The largest absolute Gasteiger partial charge is 0.462 e. The Morgan fingerprint density at radius 1 is 0.256 bits per heavy atom. The van der Waals surface area contributed by atoms with Crippen LogP contribution in [0.5, 0.6) is 0 Å². The first-order valence-electron chi connectivity index (χ1n) is 33.1. The topological polar surface area (TPSA) is 78.9 Å². The van der Waals surface area contributed by atoms with Crippen LogP contribution in [0.2, 0.25) is 0 Å². The molecule has 0 aromatic heterocycles. The first kappa shape index (κ1) is 76.8. The molecule has 0 amide bonds. The summed E-state index contributed by atoms with van der Waals surface area (Å²) in [6.45, 7) is 6.34. The van der Waals surface area contributed by atoms with E-state index in [0.29, 0.717) is 19.3 Å². The number of unbranched alkanes of at least 4 members (excludes halogenated alkanes) is 19. The zero-order valence-corrected chi connectivity index (χ0v) is 52.7. The zero-order chi connectivity index (χ0) is 59.2. The highest BCUT2D eigenvalue weighted by Crippen LogP contribution is 2.14. The van der Waals surface area contributed by atoms with Crippen molar-refractivity contribution in [1.82, 2.24) is 0 Å². The van der Waals surface area contributed by atoms with E-state index in [1.54, 1.807) is 0 Å². The Morgan fingerprint density at radius 2 is 0.488 bits per heavy atom. The number of ether oxygens (including phenoxy) is 3. The molecular weight excluding hydrogens is 1010 g/mol. The molecule has 0 fully saturated rings. The summed E-state index contributed by atoms with van der Waals surface area (Å²) in [6, 6.07) is 0. The van der Waals surface area contributed by atoms with E-state index in [2.05, 4.69) is 191 Å². The Labute approximate surface area is 504 Å². The van der Waals surface area contributed by atoms with Crippen molar-refractivity contribution >= 4 is 17.9 Å². The summed E-state index contributed by atoms with van der Waals surface area (Å²) in [7, 11) is 0. The number of hydrogen-bond acceptors (Lipinski definition) is 6. The smallest absolute Gasteiger partial charge is 0.306 e. The van der Waals surface area contributed by atoms with E-state index >= 15 is 0 Å². The molecule has 0 heterocycles. The molecule has 0 aliphatic carbocycles. The van der Waals surface area contributed by atoms with Crippen molar-refractivity contribution in [3.05, 3.63) is 170 Å². The van der Waals surface area contributed by atoms with Crippen molar-refractivity contribution in [2.24, 2.45) is 0 Å². The summed E-state index contributed by atoms with van der Waals surface area (Å²) in [5.74, 6) is -0.992. The SMILES string of the molecule is CC/C=C\C/C=C\C/C=C\C/C=C\C/C=C\C/C=C\C/C=C\C/C=C\CCCCCCCCCCC(=O)OCC(COC(=O)CCCCCCC/C=C\CCCCCCC)OC(=O)CCC/C=C\C/C=C\C/C=C\C/C=C\C/C=C\CC. The first-order chi connectivity index (χ1) is 40.5. The van der Waals surface area contributed by atoms with E-state index in [1.807, 2.05) is 0 Å². The minimum Gasteiger partial charge on any atom is -0.462 e. The molecule has 1 atom stereocenters. The van der Waals surface area contributed by atoms with Gasteiger partial charge in [0.25, 0.3) is 0 Å². The van der Waals surface area contributed by atoms with E-state index in [1.165, 1.54) is 77.0 Å². The summed E-state index contributed by atoms with van der Waals surface area (Å²) in [5.41, 5.74) is 0. The lowest BCUT2D eigenvalue weighted by Gasteiger charge is -2.18. The van der Waals surface area contributed by atoms with Gasteiger partial charge in [-0.05, 0) is 148 Å². The maximum Gasteiger partial charge on any atom is 0.306 e. The van der Waals surface area contributed by atoms with Gasteiger partial charge in [-0.15, -0.1) is 0 Å². The van der Waals surface area contributed by atoms with Crippen molar-refractivity contribution in [2.75, 3.05) is 13.2 Å². The Hall–Kier alpha value is -5.23. The molecule has 0 spiro atoms. The molecule has 0 radical (unpaired) electrons. The van der Waals surface area contributed by atoms with E-state index in [4.69, 9.17) is 14.2 Å². The maximum atomic E-state index is 12.9. The third-order valence-corrected chi connectivity index (χ3v) is 13.4. The molecule has 6 heteroatoms. The monoisotopic (exact) mass is 1130 g/mol. The summed E-state index contributed by atoms with van der Waals surface area (Å²) in [5, 5.41) is 0. The molecule has 0 N–H and O–H groups in total. The van der Waals surface area contributed by atoms with Crippen LogP contribution in [0.3, 0.4) is 0 Å². The quantitative estimate of drug-likeness (QED) is 0.0261. The Morgan fingerprint density at radius 3 is 0.793 bits per heavy atom. The van der Waals surface area contributed by atoms with Crippen molar-refractivity contribution in [1.29, 1.82) is 0 Å². The Balaban J connectivity index is 4.38. The molecular formula is C76H120O6. The number of esters is 3. The second-order valence-corrected chi connectivity index (χ2v) is 21.3. The van der Waals surface area contributed by atoms with Gasteiger partial charge < -0.3 is 14.2 Å². The number of carbonyl (C=O) groups excluding carboxylic acids is 3. The molecule has 0 saturated heterocycles. The van der Waals surface area contributed by atoms with Crippen LogP contribution in [0, 0.1) is 0 Å². The minimum absolute atomic E-state index is 0.114. The van der Waals surface area contributed by atoms with Gasteiger partial charge in [0.15, 0.2) is 6.10 Å². The average Bonchev–Trinajstić information content (AvgIpc) is 3.47. The van der Waals surface area contributed by atoms with Gasteiger partial charge >= 0.3 is 17.9 Å². The molecule has 0 aliphatic heterocycles. The molecule has 82 heavy (non-hydrogen) atoms. The van der Waals surface area contributed by atoms with E-state index < -0.39 is 6.10 Å². The fourth-order valence-electron chi connectivity index (χ4n) is 8.55. The number of carbonyl (C=O) groups is 3. The molecule has 6 nitrogen and oxygen atoms in total. The van der Waals surface area contributed by atoms with Crippen LogP contribution < -0.4 is 0 Å². The first-order valence-corrected chi connectivity index (χ1v) is 33.1. The van der Waals surface area contributed by atoms with Crippen molar-refractivity contribution in [3.63, 3.8) is 0 Å². The summed E-state index contributed by atoms with van der Waals surface area (Å²) in [6.07, 6.45) is 101. The highest BCUT2D eigenvalue weighted by molar-refractivity contribution is 5.71. The van der Waals surface area contributed by atoms with E-state index in [-0.39, 0.29) is 37.5 Å². The molecule has 0 aromatic carbocycles. The Bertz CT molecular complexity index is 1870. The molecule has 0 rings (SSSR count). The predicted octanol–water partition coefficient (Wildman–Crippen LogP) is 23.0. The number of hydrogen-bond donors (Lipinski definition) is 0. The van der Waals surface area contributed by atoms with Crippen molar-refractivity contribution < 1.29 is 28.6 Å². The van der Waals surface area contributed by atoms with Crippen LogP contribution in [0.25, 0.3) is 0 Å². The van der Waals surface area contributed by atoms with Gasteiger partial charge in [0.05, 0.1) is 0 Å². The normalized spacial score (nSPS) is 13.3. The van der Waals surface area contributed by atoms with Gasteiger partial charge in [-0.2, -0.15) is 0 Å². The lowest BCUT2D eigenvalue weighted by molar-refractivity contribution is -0.167. The molecule has 0 saturated carbocycles. The van der Waals surface area contributed by atoms with Crippen LogP contribution in [-0.2, 0) is 28.6 Å². The fourth-order valence-corrected chi connectivity index (χ4v) is 8.55. The third kappa shape index (κ3) is 65.6.